The van der Waals surface area contributed by atoms with Gasteiger partial charge in [-0.2, -0.15) is 0 Å². The molecule has 130 valence electrons. The van der Waals surface area contributed by atoms with Gasteiger partial charge in [-0.3, -0.25) is 4.79 Å². The van der Waals surface area contributed by atoms with Crippen molar-refractivity contribution in [2.24, 2.45) is 5.92 Å². The molecule has 7 nitrogen and oxygen atoms in total. The van der Waals surface area contributed by atoms with Crippen molar-refractivity contribution < 1.29 is 19.5 Å². The van der Waals surface area contributed by atoms with Crippen molar-refractivity contribution in [3.05, 3.63) is 0 Å². The number of urea groups is 1. The number of hydrogen-bond acceptors (Lipinski definition) is 3. The quantitative estimate of drug-likeness (QED) is 0.815. The van der Waals surface area contributed by atoms with E-state index in [0.717, 1.165) is 32.4 Å². The third-order valence-electron chi connectivity index (χ3n) is 5.02. The van der Waals surface area contributed by atoms with Gasteiger partial charge < -0.3 is 20.2 Å². The van der Waals surface area contributed by atoms with Gasteiger partial charge >= 0.3 is 12.0 Å². The van der Waals surface area contributed by atoms with Gasteiger partial charge in [0.25, 0.3) is 0 Å². The Morgan fingerprint density at radius 2 is 1.74 bits per heavy atom. The number of aliphatic carboxylic acids is 1. The molecule has 2 atom stereocenters. The second-order valence-electron chi connectivity index (χ2n) is 6.74. The number of nitrogens with one attached hydrogen (secondary N) is 1. The van der Waals surface area contributed by atoms with Gasteiger partial charge in [0, 0.05) is 26.2 Å². The summed E-state index contributed by atoms with van der Waals surface area (Å²) < 4.78 is 0. The van der Waals surface area contributed by atoms with Crippen molar-refractivity contribution in [2.75, 3.05) is 26.2 Å². The highest BCUT2D eigenvalue weighted by atomic mass is 16.4. The van der Waals surface area contributed by atoms with Crippen molar-refractivity contribution in [3.8, 4) is 0 Å². The van der Waals surface area contributed by atoms with E-state index in [1.54, 1.807) is 11.8 Å². The molecule has 0 aliphatic carbocycles. The number of piperidine rings is 1. The molecule has 7 heteroatoms. The Labute approximate surface area is 137 Å². The number of hydrogen-bond donors (Lipinski definition) is 2. The zero-order chi connectivity index (χ0) is 17.0. The standard InChI is InChI=1S/C16H27N3O4/c1-3-16(2,14(21)22)17-13(20)12-7-6-10-19(11-12)15(23)18-8-4-5-9-18/h12H,3-11H2,1-2H3,(H,17,20)(H,21,22). The van der Waals surface area contributed by atoms with Crippen LogP contribution in [0.1, 0.15) is 46.0 Å². The Bertz CT molecular complexity index is 476. The number of nitrogens with zero attached hydrogens (tertiary/aromatic N) is 2. The predicted octanol–water partition coefficient (Wildman–Crippen LogP) is 1.28. The van der Waals surface area contributed by atoms with E-state index in [2.05, 4.69) is 5.32 Å². The van der Waals surface area contributed by atoms with E-state index in [1.165, 1.54) is 6.92 Å². The van der Waals surface area contributed by atoms with Crippen LogP contribution in [0.25, 0.3) is 0 Å². The fourth-order valence-corrected chi connectivity index (χ4v) is 3.14. The molecule has 2 aliphatic rings. The first-order valence-corrected chi connectivity index (χ1v) is 8.46. The second kappa shape index (κ2) is 7.19. The van der Waals surface area contributed by atoms with Crippen molar-refractivity contribution in [2.45, 2.75) is 51.5 Å². The topological polar surface area (TPSA) is 90.0 Å². The van der Waals surface area contributed by atoms with Crippen LogP contribution >= 0.6 is 0 Å². The molecule has 0 saturated carbocycles. The Balaban J connectivity index is 1.96. The Morgan fingerprint density at radius 3 is 2.30 bits per heavy atom. The van der Waals surface area contributed by atoms with E-state index in [-0.39, 0.29) is 17.9 Å². The third-order valence-corrected chi connectivity index (χ3v) is 5.02. The van der Waals surface area contributed by atoms with Crippen LogP contribution in [0.2, 0.25) is 0 Å². The van der Waals surface area contributed by atoms with Gasteiger partial charge in [0.2, 0.25) is 5.91 Å². The van der Waals surface area contributed by atoms with Gasteiger partial charge in [-0.15, -0.1) is 0 Å². The number of rotatable bonds is 4. The summed E-state index contributed by atoms with van der Waals surface area (Å²) in [4.78, 5) is 39.8. The molecule has 0 spiro atoms. The number of likely N-dealkylation sites (tertiary alicyclic amines) is 2. The highest BCUT2D eigenvalue weighted by Gasteiger charge is 2.37. The maximum absolute atomic E-state index is 12.4. The van der Waals surface area contributed by atoms with Crippen LogP contribution in [0, 0.1) is 5.92 Å². The summed E-state index contributed by atoms with van der Waals surface area (Å²) in [7, 11) is 0. The summed E-state index contributed by atoms with van der Waals surface area (Å²) in [5.74, 6) is -1.63. The van der Waals surface area contributed by atoms with Gasteiger partial charge in [-0.05, 0) is 39.0 Å². The summed E-state index contributed by atoms with van der Waals surface area (Å²) in [5.41, 5.74) is -1.25. The minimum atomic E-state index is -1.25. The first kappa shape index (κ1) is 17.6. The molecule has 0 aromatic carbocycles. The van der Waals surface area contributed by atoms with E-state index in [1.807, 2.05) is 4.90 Å². The minimum absolute atomic E-state index is 0.0106. The Kier molecular flexibility index (Phi) is 5.49. The van der Waals surface area contributed by atoms with Crippen LogP contribution in [0.15, 0.2) is 0 Å². The zero-order valence-electron chi connectivity index (χ0n) is 14.0. The zero-order valence-corrected chi connectivity index (χ0v) is 14.0. The smallest absolute Gasteiger partial charge is 0.329 e. The first-order chi connectivity index (χ1) is 10.9. The molecule has 0 aromatic heterocycles. The average molecular weight is 325 g/mol. The van der Waals surface area contributed by atoms with Gasteiger partial charge in [0.05, 0.1) is 5.92 Å². The SMILES string of the molecule is CCC(C)(NC(=O)C1CCCN(C(=O)N2CCCC2)C1)C(=O)O. The number of carbonyl (C=O) groups is 3. The van der Waals surface area contributed by atoms with E-state index in [0.29, 0.717) is 25.9 Å². The molecule has 2 rings (SSSR count). The van der Waals surface area contributed by atoms with Crippen LogP contribution in [-0.2, 0) is 9.59 Å². The first-order valence-electron chi connectivity index (χ1n) is 8.46. The molecule has 23 heavy (non-hydrogen) atoms. The molecule has 2 saturated heterocycles. The highest BCUT2D eigenvalue weighted by Crippen LogP contribution is 2.21. The average Bonchev–Trinajstić information content (AvgIpc) is 3.08. The Morgan fingerprint density at radius 1 is 1.13 bits per heavy atom. The van der Waals surface area contributed by atoms with Crippen LogP contribution in [0.3, 0.4) is 0 Å². The maximum atomic E-state index is 12.4. The predicted molar refractivity (Wildman–Crippen MR) is 85.0 cm³/mol. The molecule has 3 amide bonds. The molecular weight excluding hydrogens is 298 g/mol. The molecule has 2 unspecified atom stereocenters. The number of carboxylic acid groups (broad SMARTS) is 1. The van der Waals surface area contributed by atoms with Crippen molar-refractivity contribution in [1.29, 1.82) is 0 Å². The molecule has 2 fully saturated rings. The van der Waals surface area contributed by atoms with E-state index >= 15 is 0 Å². The molecule has 2 N–H and O–H groups in total. The normalized spacial score (nSPS) is 24.2. The summed E-state index contributed by atoms with van der Waals surface area (Å²) in [5, 5.41) is 11.9. The number of amides is 3. The fourth-order valence-electron chi connectivity index (χ4n) is 3.14. The summed E-state index contributed by atoms with van der Waals surface area (Å²) >= 11 is 0. The maximum Gasteiger partial charge on any atom is 0.329 e. The highest BCUT2D eigenvalue weighted by molar-refractivity contribution is 5.88. The van der Waals surface area contributed by atoms with Crippen LogP contribution < -0.4 is 5.32 Å². The lowest BCUT2D eigenvalue weighted by atomic mass is 9.93. The third kappa shape index (κ3) is 3.95. The van der Waals surface area contributed by atoms with Crippen molar-refractivity contribution >= 4 is 17.9 Å². The lowest BCUT2D eigenvalue weighted by molar-refractivity contribution is -0.148. The van der Waals surface area contributed by atoms with Gasteiger partial charge in [-0.1, -0.05) is 6.92 Å². The monoisotopic (exact) mass is 325 g/mol. The molecule has 0 aromatic rings. The number of carboxylic acids is 1. The van der Waals surface area contributed by atoms with Gasteiger partial charge in [0.1, 0.15) is 5.54 Å². The molecular formula is C16H27N3O4. The Hall–Kier alpha value is -1.79. The van der Waals surface area contributed by atoms with E-state index < -0.39 is 11.5 Å². The van der Waals surface area contributed by atoms with Gasteiger partial charge in [-0.25, -0.2) is 9.59 Å². The van der Waals surface area contributed by atoms with Crippen LogP contribution in [0.4, 0.5) is 4.79 Å². The molecule has 0 radical (unpaired) electrons. The minimum Gasteiger partial charge on any atom is -0.480 e. The fraction of sp³-hybridized carbons (Fsp3) is 0.812. The van der Waals surface area contributed by atoms with Crippen LogP contribution in [-0.4, -0.2) is 64.5 Å². The summed E-state index contributed by atoms with van der Waals surface area (Å²) in [6.07, 6.45) is 3.85. The molecule has 2 heterocycles. The lowest BCUT2D eigenvalue weighted by Gasteiger charge is -2.36. The lowest BCUT2D eigenvalue weighted by Crippen LogP contribution is -2.56. The van der Waals surface area contributed by atoms with Gasteiger partial charge in [0.15, 0.2) is 0 Å². The van der Waals surface area contributed by atoms with E-state index in [9.17, 15) is 19.5 Å². The van der Waals surface area contributed by atoms with Crippen LogP contribution in [0.5, 0.6) is 0 Å². The van der Waals surface area contributed by atoms with Crippen molar-refractivity contribution in [1.82, 2.24) is 15.1 Å². The summed E-state index contributed by atoms with van der Waals surface area (Å²) in [6, 6.07) is 0.0106. The largest absolute Gasteiger partial charge is 0.480 e. The number of carbonyl (C=O) groups excluding carboxylic acids is 2. The van der Waals surface area contributed by atoms with Crippen molar-refractivity contribution in [3.63, 3.8) is 0 Å². The molecule has 0 bridgehead atoms. The second-order valence-corrected chi connectivity index (χ2v) is 6.74. The molecule has 2 aliphatic heterocycles. The van der Waals surface area contributed by atoms with E-state index in [4.69, 9.17) is 0 Å². The summed E-state index contributed by atoms with van der Waals surface area (Å²) in [6.45, 7) is 5.88.